The minimum absolute atomic E-state index is 0.0103. The van der Waals surface area contributed by atoms with Crippen LogP contribution in [0.15, 0.2) is 0 Å². The van der Waals surface area contributed by atoms with Crippen LogP contribution in [0.4, 0.5) is 0 Å². The van der Waals surface area contributed by atoms with Crippen LogP contribution in [0.5, 0.6) is 0 Å². The zero-order valence-electron chi connectivity index (χ0n) is 11.7. The summed E-state index contributed by atoms with van der Waals surface area (Å²) in [4.78, 5) is 0. The molecular formula is C14H31NO2. The fourth-order valence-electron chi connectivity index (χ4n) is 2.08. The summed E-state index contributed by atoms with van der Waals surface area (Å²) in [7, 11) is 0. The van der Waals surface area contributed by atoms with Crippen molar-refractivity contribution in [1.29, 1.82) is 0 Å². The third-order valence-electron chi connectivity index (χ3n) is 3.86. The van der Waals surface area contributed by atoms with Crippen molar-refractivity contribution in [3.05, 3.63) is 0 Å². The van der Waals surface area contributed by atoms with Crippen molar-refractivity contribution in [3.63, 3.8) is 0 Å². The van der Waals surface area contributed by atoms with Crippen LogP contribution in [-0.2, 0) is 0 Å². The molecule has 0 saturated heterocycles. The SMILES string of the molecule is CCC(C)CCC(CC)C(O)CCC(N)CO. The highest BCUT2D eigenvalue weighted by molar-refractivity contribution is 4.71. The van der Waals surface area contributed by atoms with Crippen LogP contribution >= 0.6 is 0 Å². The Morgan fingerprint density at radius 2 is 1.65 bits per heavy atom. The highest BCUT2D eigenvalue weighted by atomic mass is 16.3. The quantitative estimate of drug-likeness (QED) is 0.553. The van der Waals surface area contributed by atoms with Crippen molar-refractivity contribution in [3.8, 4) is 0 Å². The smallest absolute Gasteiger partial charge is 0.0582 e. The Labute approximate surface area is 106 Å². The summed E-state index contributed by atoms with van der Waals surface area (Å²) < 4.78 is 0. The lowest BCUT2D eigenvalue weighted by molar-refractivity contribution is 0.0817. The monoisotopic (exact) mass is 245 g/mol. The van der Waals surface area contributed by atoms with Gasteiger partial charge in [0, 0.05) is 6.04 Å². The first-order valence-corrected chi connectivity index (χ1v) is 7.09. The molecule has 0 saturated carbocycles. The van der Waals surface area contributed by atoms with Gasteiger partial charge in [0.25, 0.3) is 0 Å². The van der Waals surface area contributed by atoms with E-state index < -0.39 is 0 Å². The zero-order chi connectivity index (χ0) is 13.3. The summed E-state index contributed by atoms with van der Waals surface area (Å²) in [5.74, 6) is 1.13. The van der Waals surface area contributed by atoms with Crippen molar-refractivity contribution in [2.24, 2.45) is 17.6 Å². The molecule has 0 aliphatic heterocycles. The summed E-state index contributed by atoms with van der Waals surface area (Å²) in [6.45, 7) is 6.62. The lowest BCUT2D eigenvalue weighted by Crippen LogP contribution is -2.28. The van der Waals surface area contributed by atoms with Gasteiger partial charge in [0.2, 0.25) is 0 Å². The molecule has 104 valence electrons. The van der Waals surface area contributed by atoms with Crippen molar-refractivity contribution in [2.75, 3.05) is 6.61 Å². The van der Waals surface area contributed by atoms with Crippen LogP contribution in [0.2, 0.25) is 0 Å². The van der Waals surface area contributed by atoms with E-state index in [0.717, 1.165) is 18.8 Å². The second-order valence-electron chi connectivity index (χ2n) is 5.35. The van der Waals surface area contributed by atoms with Crippen LogP contribution in [0, 0.1) is 11.8 Å². The number of hydrogen-bond donors (Lipinski definition) is 3. The van der Waals surface area contributed by atoms with Gasteiger partial charge in [-0.15, -0.1) is 0 Å². The predicted octanol–water partition coefficient (Wildman–Crippen LogP) is 2.30. The van der Waals surface area contributed by atoms with Crippen LogP contribution in [0.1, 0.15) is 59.3 Å². The normalized spacial score (nSPS) is 18.7. The van der Waals surface area contributed by atoms with E-state index in [2.05, 4.69) is 20.8 Å². The molecular weight excluding hydrogens is 214 g/mol. The minimum atomic E-state index is -0.262. The average Bonchev–Trinajstić information content (AvgIpc) is 2.35. The summed E-state index contributed by atoms with van der Waals surface area (Å²) in [5.41, 5.74) is 5.65. The fraction of sp³-hybridized carbons (Fsp3) is 1.00. The molecule has 4 atom stereocenters. The van der Waals surface area contributed by atoms with E-state index in [1.807, 2.05) is 0 Å². The maximum Gasteiger partial charge on any atom is 0.0582 e. The van der Waals surface area contributed by atoms with Gasteiger partial charge in [-0.05, 0) is 31.1 Å². The van der Waals surface area contributed by atoms with Gasteiger partial charge in [0.05, 0.1) is 12.7 Å². The molecule has 0 aromatic rings. The van der Waals surface area contributed by atoms with Crippen molar-refractivity contribution >= 4 is 0 Å². The second kappa shape index (κ2) is 9.86. The zero-order valence-corrected chi connectivity index (χ0v) is 11.7. The standard InChI is InChI=1S/C14H31NO2/c1-4-11(3)6-7-12(5-2)14(17)9-8-13(15)10-16/h11-14,16-17H,4-10,15H2,1-3H3. The number of aliphatic hydroxyl groups excluding tert-OH is 2. The van der Waals surface area contributed by atoms with E-state index >= 15 is 0 Å². The first kappa shape index (κ1) is 16.9. The van der Waals surface area contributed by atoms with Gasteiger partial charge in [-0.3, -0.25) is 0 Å². The van der Waals surface area contributed by atoms with E-state index in [0.29, 0.717) is 18.8 Å². The Morgan fingerprint density at radius 1 is 1.00 bits per heavy atom. The molecule has 0 bridgehead atoms. The Morgan fingerprint density at radius 3 is 2.12 bits per heavy atom. The van der Waals surface area contributed by atoms with Gasteiger partial charge in [-0.25, -0.2) is 0 Å². The molecule has 0 heterocycles. The second-order valence-corrected chi connectivity index (χ2v) is 5.35. The third kappa shape index (κ3) is 7.74. The summed E-state index contributed by atoms with van der Waals surface area (Å²) in [6, 6.07) is -0.184. The highest BCUT2D eigenvalue weighted by Crippen LogP contribution is 2.23. The van der Waals surface area contributed by atoms with Crippen LogP contribution < -0.4 is 5.73 Å². The van der Waals surface area contributed by atoms with E-state index in [9.17, 15) is 5.11 Å². The molecule has 0 aliphatic rings. The van der Waals surface area contributed by atoms with Crippen LogP contribution in [-0.4, -0.2) is 29.0 Å². The number of aliphatic hydroxyl groups is 2. The molecule has 4 N–H and O–H groups in total. The summed E-state index contributed by atoms with van der Waals surface area (Å²) in [5, 5.41) is 18.9. The Bertz CT molecular complexity index is 176. The largest absolute Gasteiger partial charge is 0.395 e. The third-order valence-corrected chi connectivity index (χ3v) is 3.86. The van der Waals surface area contributed by atoms with Crippen LogP contribution in [0.25, 0.3) is 0 Å². The molecule has 0 amide bonds. The molecule has 0 radical (unpaired) electrons. The topological polar surface area (TPSA) is 66.5 Å². The molecule has 0 aliphatic carbocycles. The number of rotatable bonds is 10. The molecule has 0 aromatic carbocycles. The number of nitrogens with two attached hydrogens (primary N) is 1. The predicted molar refractivity (Wildman–Crippen MR) is 72.8 cm³/mol. The van der Waals surface area contributed by atoms with E-state index in [4.69, 9.17) is 10.8 Å². The van der Waals surface area contributed by atoms with Gasteiger partial charge >= 0.3 is 0 Å². The van der Waals surface area contributed by atoms with Gasteiger partial charge in [-0.1, -0.05) is 40.0 Å². The molecule has 17 heavy (non-hydrogen) atoms. The van der Waals surface area contributed by atoms with E-state index in [1.165, 1.54) is 12.8 Å². The van der Waals surface area contributed by atoms with Crippen LogP contribution in [0.3, 0.4) is 0 Å². The first-order chi connectivity index (χ1) is 8.04. The van der Waals surface area contributed by atoms with Gasteiger partial charge < -0.3 is 15.9 Å². The Balaban J connectivity index is 3.90. The Kier molecular flexibility index (Phi) is 9.79. The maximum absolute atomic E-state index is 10.1. The average molecular weight is 245 g/mol. The van der Waals surface area contributed by atoms with Gasteiger partial charge in [0.1, 0.15) is 0 Å². The number of hydrogen-bond acceptors (Lipinski definition) is 3. The lowest BCUT2D eigenvalue weighted by Gasteiger charge is -2.23. The molecule has 3 heteroatoms. The first-order valence-electron chi connectivity index (χ1n) is 7.09. The molecule has 4 unspecified atom stereocenters. The van der Waals surface area contributed by atoms with Crippen molar-refractivity contribution in [2.45, 2.75) is 71.4 Å². The molecule has 0 spiro atoms. The van der Waals surface area contributed by atoms with Gasteiger partial charge in [0.15, 0.2) is 0 Å². The minimum Gasteiger partial charge on any atom is -0.395 e. The van der Waals surface area contributed by atoms with Gasteiger partial charge in [-0.2, -0.15) is 0 Å². The van der Waals surface area contributed by atoms with Crippen molar-refractivity contribution in [1.82, 2.24) is 0 Å². The molecule has 3 nitrogen and oxygen atoms in total. The maximum atomic E-state index is 10.1. The van der Waals surface area contributed by atoms with E-state index in [-0.39, 0.29) is 18.8 Å². The Hall–Kier alpha value is -0.120. The highest BCUT2D eigenvalue weighted by Gasteiger charge is 2.18. The lowest BCUT2D eigenvalue weighted by atomic mass is 9.87. The molecule has 0 rings (SSSR count). The molecule has 0 aromatic heterocycles. The van der Waals surface area contributed by atoms with Crippen molar-refractivity contribution < 1.29 is 10.2 Å². The summed E-state index contributed by atoms with van der Waals surface area (Å²) >= 11 is 0. The fourth-order valence-corrected chi connectivity index (χ4v) is 2.08. The van der Waals surface area contributed by atoms with E-state index in [1.54, 1.807) is 0 Å². The summed E-state index contributed by atoms with van der Waals surface area (Å²) in [6.07, 6.45) is 5.67. The molecule has 0 fully saturated rings.